The van der Waals surface area contributed by atoms with Gasteiger partial charge in [0.15, 0.2) is 0 Å². The van der Waals surface area contributed by atoms with Crippen LogP contribution in [0.4, 0.5) is 0 Å². The van der Waals surface area contributed by atoms with Crippen LogP contribution in [0.3, 0.4) is 0 Å². The Labute approximate surface area is 488 Å². The van der Waals surface area contributed by atoms with E-state index in [9.17, 15) is 4.79 Å². The summed E-state index contributed by atoms with van der Waals surface area (Å²) < 4.78 is 0. The minimum absolute atomic E-state index is 0. The van der Waals surface area contributed by atoms with Gasteiger partial charge in [0.1, 0.15) is 5.78 Å². The van der Waals surface area contributed by atoms with E-state index < -0.39 is 0 Å². The molecule has 0 fully saturated rings. The van der Waals surface area contributed by atoms with Crippen molar-refractivity contribution in [2.75, 3.05) is 0 Å². The zero-order valence-electron chi connectivity index (χ0n) is 24.2. The van der Waals surface area contributed by atoms with E-state index in [1.807, 2.05) is 86.8 Å². The second-order valence-electron chi connectivity index (χ2n) is 8.45. The largest absolute Gasteiger partial charge is 0.300 e. The molecule has 0 heterocycles. The molecule has 186 valence electrons. The molecule has 0 saturated heterocycles. The van der Waals surface area contributed by atoms with Crippen LogP contribution in [0.25, 0.3) is 0 Å². The van der Waals surface area contributed by atoms with Crippen LogP contribution < -0.4 is 0 Å². The molecule has 38 heavy (non-hydrogen) atoms. The predicted molar refractivity (Wildman–Crippen MR) is 125 cm³/mol. The van der Waals surface area contributed by atoms with Crippen LogP contribution in [-0.4, -0.2) is 5.78 Å². The Morgan fingerprint density at radius 3 is 0.947 bits per heavy atom. The van der Waals surface area contributed by atoms with Crippen LogP contribution in [0.15, 0.2) is 72.9 Å². The molecule has 0 aromatic heterocycles. The third-order valence-corrected chi connectivity index (χ3v) is 3.40. The molecule has 0 atom stereocenters. The van der Waals surface area contributed by atoms with Crippen LogP contribution in [-0.2, 0) is 332 Å². The van der Waals surface area contributed by atoms with E-state index >= 15 is 0 Å². The number of allylic oxidation sites excluding steroid dienone is 12. The fourth-order valence-electron chi connectivity index (χ4n) is 2.19. The molecule has 0 spiro atoms. The van der Waals surface area contributed by atoms with E-state index in [-0.39, 0.29) is 344 Å². The maximum Gasteiger partial charge on any atom is 0.129 e. The van der Waals surface area contributed by atoms with Gasteiger partial charge in [-0.3, -0.25) is 67.9 Å². The maximum absolute atomic E-state index is 11.2. The van der Waals surface area contributed by atoms with Crippen molar-refractivity contribution in [3.05, 3.63) is 105 Å². The Balaban J connectivity index is -0.0000000810. The first-order chi connectivity index (χ1) is 13.1. The number of carbonyl (C=O) groups is 1. The zero-order valence-corrected chi connectivity index (χ0v) is 52.6. The Hall–Kier alpha value is 8.50. The van der Waals surface area contributed by atoms with Crippen molar-refractivity contribution in [2.45, 2.75) is 48.0 Å². The molecule has 0 aliphatic carbocycles. The summed E-state index contributed by atoms with van der Waals surface area (Å²) in [4.78, 5) is 11.2. The molecule has 0 N–H and O–H groups in total. The molecule has 0 aliphatic rings. The number of hydrogen-bond acceptors (Lipinski definition) is 1. The Bertz CT molecular complexity index is 618. The first kappa shape index (κ1) is 76.4. The second kappa shape index (κ2) is 52.3. The number of hydrogen-bond donors (Lipinski definition) is 0. The molecule has 0 amide bonds. The van der Waals surface area contributed by atoms with Crippen molar-refractivity contribution in [3.63, 3.8) is 0 Å². The Kier molecular flexibility index (Phi) is 105. The quantitative estimate of drug-likeness (QED) is 0.176. The summed E-state index contributed by atoms with van der Waals surface area (Å²) in [5, 5.41) is 0. The van der Waals surface area contributed by atoms with Gasteiger partial charge in [-0.2, -0.15) is 24.3 Å². The van der Waals surface area contributed by atoms with Gasteiger partial charge in [0, 0.05) is 334 Å². The van der Waals surface area contributed by atoms with Gasteiger partial charge in [0.2, 0.25) is 0 Å². The topological polar surface area (TPSA) is 17.1 Å². The minimum atomic E-state index is -0.0888. The molecule has 0 rings (SSSR count). The van der Waals surface area contributed by atoms with Gasteiger partial charge in [-0.25, -0.2) is 12.8 Å². The van der Waals surface area contributed by atoms with Gasteiger partial charge in [-0.1, -0.05) is 45.4 Å². The predicted octanol–water partition coefficient (Wildman–Crippen LogP) is 7.37. The normalized spacial score (nSPS) is 9.95. The monoisotopic (exact) mass is 1270 g/mol. The Morgan fingerprint density at radius 1 is 0.474 bits per heavy atom. The van der Waals surface area contributed by atoms with Crippen molar-refractivity contribution in [2.24, 2.45) is 10.8 Å². The number of Topliss-reactive ketones (excluding diaryl/α,β-unsaturated/α-hetero) is 1. The summed E-state index contributed by atoms with van der Waals surface area (Å²) in [6.45, 7) is 12.3. The van der Waals surface area contributed by atoms with Gasteiger partial charge in [0.05, 0.1) is 0 Å². The summed E-state index contributed by atoms with van der Waals surface area (Å²) >= 11 is 0. The summed E-state index contributed by atoms with van der Waals surface area (Å²) in [5.41, 5.74) is 0.137. The van der Waals surface area contributed by atoms with Crippen LogP contribution in [0.2, 0.25) is 0 Å². The van der Waals surface area contributed by atoms with Crippen molar-refractivity contribution < 1.29 is 332 Å². The summed E-state index contributed by atoms with van der Waals surface area (Å²) in [6.07, 6.45) is 34.8. The summed E-state index contributed by atoms with van der Waals surface area (Å²) in [5.74, 6) is 0.217. The standard InChI is InChI=1S/C27H37O.10Y/c1-25(28)24-27(5,6)23-21-19-17-15-13-11-9-7-8-10-12-14-16-18-20-22-26(2,3)4;;;;;;;;;;/h7-23H,24H2,1-6H3;;;;;;;;;;/q-5;;;;;;;;;;/b10-8-,11-9-,16-14-,17-15-,22-20-,23-21-;;;;;;;;;;. The Morgan fingerprint density at radius 2 is 0.711 bits per heavy atom. The van der Waals surface area contributed by atoms with Gasteiger partial charge < -0.3 is 4.79 Å². The van der Waals surface area contributed by atoms with Crippen molar-refractivity contribution in [1.29, 1.82) is 0 Å². The van der Waals surface area contributed by atoms with Gasteiger partial charge >= 0.3 is 0 Å². The smallest absolute Gasteiger partial charge is 0.129 e. The first-order valence-electron chi connectivity index (χ1n) is 9.82. The number of carbonyl (C=O) groups excluding carboxylic acids is 1. The van der Waals surface area contributed by atoms with E-state index in [1.165, 1.54) is 0 Å². The molecule has 0 saturated carbocycles. The average Bonchev–Trinajstić information content (AvgIpc) is 2.55. The minimum Gasteiger partial charge on any atom is -0.300 e. The molecule has 1 nitrogen and oxygen atoms in total. The second-order valence-corrected chi connectivity index (χ2v) is 8.45. The average molecular weight is 1270 g/mol. The molecular formula is C27H37OY10-5. The van der Waals surface area contributed by atoms with E-state index in [0.29, 0.717) is 6.42 Å². The third kappa shape index (κ3) is 66.8. The van der Waals surface area contributed by atoms with Crippen LogP contribution in [0.1, 0.15) is 48.0 Å². The molecule has 11 heteroatoms. The fraction of sp³-hybridized carbons (Fsp3) is 0.333. The van der Waals surface area contributed by atoms with Gasteiger partial charge in [-0.05, 0) is 6.92 Å². The van der Waals surface area contributed by atoms with Crippen LogP contribution in [0.5, 0.6) is 0 Å². The third-order valence-electron chi connectivity index (χ3n) is 3.40. The van der Waals surface area contributed by atoms with Gasteiger partial charge in [0.25, 0.3) is 0 Å². The summed E-state index contributed by atoms with van der Waals surface area (Å²) in [6, 6.07) is 0. The number of rotatable bonds is 13. The van der Waals surface area contributed by atoms with E-state index in [1.54, 1.807) is 6.92 Å². The molecule has 0 aliphatic heterocycles. The van der Waals surface area contributed by atoms with Crippen LogP contribution in [0, 0.1) is 42.9 Å². The van der Waals surface area contributed by atoms with Crippen molar-refractivity contribution >= 4 is 5.78 Å². The van der Waals surface area contributed by atoms with E-state index in [0.717, 1.165) is 0 Å². The van der Waals surface area contributed by atoms with Crippen molar-refractivity contribution in [1.82, 2.24) is 0 Å². The van der Waals surface area contributed by atoms with E-state index in [2.05, 4.69) is 52.8 Å². The number of ketones is 1. The van der Waals surface area contributed by atoms with Crippen molar-refractivity contribution in [3.8, 4) is 0 Å². The first-order valence-corrected chi connectivity index (χ1v) is 9.82. The SMILES string of the molecule is CC(=O)CC(C)(C)/C=C\[CH-]/C=C\[CH-]/C=C\[CH-]/C=C\[CH-]/C=C\[CH-]/C=C\C(C)(C)C.[Y].[Y].[Y].[Y].[Y].[Y].[Y].[Y].[Y].[Y]. The zero-order chi connectivity index (χ0) is 21.3. The molecule has 0 bridgehead atoms. The maximum atomic E-state index is 11.2. The molecule has 0 unspecified atom stereocenters. The fourth-order valence-corrected chi connectivity index (χ4v) is 2.19. The molecule has 10 radical (unpaired) electrons. The molecular weight excluding hydrogens is 1230 g/mol. The van der Waals surface area contributed by atoms with Crippen LogP contribution >= 0.6 is 0 Å². The van der Waals surface area contributed by atoms with E-state index in [4.69, 9.17) is 0 Å². The molecule has 0 aromatic rings. The molecule has 0 aromatic carbocycles. The van der Waals surface area contributed by atoms with Gasteiger partial charge in [-0.15, -0.1) is 0 Å². The summed E-state index contributed by atoms with van der Waals surface area (Å²) in [7, 11) is 0.